The highest BCUT2D eigenvalue weighted by Crippen LogP contribution is 2.24. The minimum Gasteiger partial charge on any atom is -0.481 e. The second kappa shape index (κ2) is 7.26. The van der Waals surface area contributed by atoms with Crippen LogP contribution in [-0.2, 0) is 9.53 Å². The lowest BCUT2D eigenvalue weighted by Crippen LogP contribution is -2.27. The molecular formula is C13H15F4NO3. The van der Waals surface area contributed by atoms with Crippen LogP contribution >= 0.6 is 0 Å². The first-order valence-corrected chi connectivity index (χ1v) is 6.14. The SMILES string of the molecule is CCOC(C)C(=O)Nc1ccc(OCC(F)(F)F)c(F)c1. The van der Waals surface area contributed by atoms with Gasteiger partial charge < -0.3 is 14.8 Å². The Bertz CT molecular complexity index is 491. The van der Waals surface area contributed by atoms with Crippen molar-refractivity contribution in [3.63, 3.8) is 0 Å². The Hall–Kier alpha value is -1.83. The van der Waals surface area contributed by atoms with Gasteiger partial charge in [0.05, 0.1) is 0 Å². The Balaban J connectivity index is 2.67. The van der Waals surface area contributed by atoms with Crippen LogP contribution in [0.2, 0.25) is 0 Å². The Morgan fingerprint density at radius 1 is 1.38 bits per heavy atom. The fraction of sp³-hybridized carbons (Fsp3) is 0.462. The van der Waals surface area contributed by atoms with Crippen molar-refractivity contribution in [2.75, 3.05) is 18.5 Å². The van der Waals surface area contributed by atoms with E-state index in [0.717, 1.165) is 12.1 Å². The number of hydrogen-bond donors (Lipinski definition) is 1. The summed E-state index contributed by atoms with van der Waals surface area (Å²) in [5, 5.41) is 2.39. The van der Waals surface area contributed by atoms with Crippen LogP contribution in [0.15, 0.2) is 18.2 Å². The molecule has 0 fully saturated rings. The highest BCUT2D eigenvalue weighted by molar-refractivity contribution is 5.93. The summed E-state index contributed by atoms with van der Waals surface area (Å²) < 4.78 is 58.8. The van der Waals surface area contributed by atoms with Crippen LogP contribution in [-0.4, -0.2) is 31.4 Å². The van der Waals surface area contributed by atoms with E-state index in [0.29, 0.717) is 6.61 Å². The topological polar surface area (TPSA) is 47.6 Å². The molecule has 1 aromatic rings. The Morgan fingerprint density at radius 3 is 2.57 bits per heavy atom. The third-order valence-corrected chi connectivity index (χ3v) is 2.38. The van der Waals surface area contributed by atoms with Crippen molar-refractivity contribution in [3.8, 4) is 5.75 Å². The van der Waals surface area contributed by atoms with E-state index in [2.05, 4.69) is 10.1 Å². The van der Waals surface area contributed by atoms with E-state index in [1.54, 1.807) is 6.92 Å². The lowest BCUT2D eigenvalue weighted by Gasteiger charge is -2.13. The average molecular weight is 309 g/mol. The van der Waals surface area contributed by atoms with Crippen molar-refractivity contribution in [2.45, 2.75) is 26.1 Å². The molecule has 118 valence electrons. The Morgan fingerprint density at radius 2 is 2.05 bits per heavy atom. The number of alkyl halides is 3. The number of anilines is 1. The molecule has 1 rings (SSSR count). The lowest BCUT2D eigenvalue weighted by molar-refractivity contribution is -0.153. The zero-order valence-electron chi connectivity index (χ0n) is 11.5. The highest BCUT2D eigenvalue weighted by atomic mass is 19.4. The first kappa shape index (κ1) is 17.2. The first-order valence-electron chi connectivity index (χ1n) is 6.14. The van der Waals surface area contributed by atoms with Crippen LogP contribution < -0.4 is 10.1 Å². The molecule has 1 N–H and O–H groups in total. The quantitative estimate of drug-likeness (QED) is 0.821. The van der Waals surface area contributed by atoms with Gasteiger partial charge in [-0.1, -0.05) is 0 Å². The van der Waals surface area contributed by atoms with E-state index in [9.17, 15) is 22.4 Å². The summed E-state index contributed by atoms with van der Waals surface area (Å²) in [4.78, 5) is 11.6. The van der Waals surface area contributed by atoms with E-state index in [1.165, 1.54) is 13.0 Å². The molecular weight excluding hydrogens is 294 g/mol. The standard InChI is InChI=1S/C13H15F4NO3/c1-3-20-8(2)12(19)18-9-4-5-11(10(14)6-9)21-7-13(15,16)17/h4-6,8H,3,7H2,1-2H3,(H,18,19). The first-order chi connectivity index (χ1) is 9.73. The van der Waals surface area contributed by atoms with E-state index >= 15 is 0 Å². The number of carbonyl (C=O) groups is 1. The molecule has 0 spiro atoms. The Kier molecular flexibility index (Phi) is 5.95. The summed E-state index contributed by atoms with van der Waals surface area (Å²) in [6.45, 7) is 2.00. The maximum Gasteiger partial charge on any atom is 0.422 e. The van der Waals surface area contributed by atoms with E-state index in [-0.39, 0.29) is 5.69 Å². The molecule has 8 heteroatoms. The van der Waals surface area contributed by atoms with Crippen molar-refractivity contribution in [2.24, 2.45) is 0 Å². The summed E-state index contributed by atoms with van der Waals surface area (Å²) >= 11 is 0. The van der Waals surface area contributed by atoms with Crippen LogP contribution in [0.4, 0.5) is 23.2 Å². The van der Waals surface area contributed by atoms with Crippen LogP contribution in [0, 0.1) is 5.82 Å². The predicted octanol–water partition coefficient (Wildman–Crippen LogP) is 3.13. The minimum absolute atomic E-state index is 0.100. The van der Waals surface area contributed by atoms with Crippen molar-refractivity contribution >= 4 is 11.6 Å². The molecule has 0 aliphatic carbocycles. The molecule has 0 aromatic heterocycles. The van der Waals surface area contributed by atoms with Crippen molar-refractivity contribution < 1.29 is 31.8 Å². The third kappa shape index (κ3) is 5.99. The maximum atomic E-state index is 13.5. The van der Waals surface area contributed by atoms with Gasteiger partial charge in [-0.2, -0.15) is 13.2 Å². The molecule has 0 heterocycles. The number of halogens is 4. The molecule has 0 saturated heterocycles. The summed E-state index contributed by atoms with van der Waals surface area (Å²) in [5.41, 5.74) is 0.100. The van der Waals surface area contributed by atoms with E-state index in [4.69, 9.17) is 4.74 Å². The number of benzene rings is 1. The monoisotopic (exact) mass is 309 g/mol. The molecule has 21 heavy (non-hydrogen) atoms. The smallest absolute Gasteiger partial charge is 0.422 e. The van der Waals surface area contributed by atoms with Gasteiger partial charge in [0.1, 0.15) is 6.10 Å². The van der Waals surface area contributed by atoms with Gasteiger partial charge in [-0.3, -0.25) is 4.79 Å². The molecule has 0 saturated carbocycles. The van der Waals surface area contributed by atoms with Gasteiger partial charge in [0.25, 0.3) is 5.91 Å². The summed E-state index contributed by atoms with van der Waals surface area (Å²) in [6, 6.07) is 3.13. The fourth-order valence-corrected chi connectivity index (χ4v) is 1.42. The minimum atomic E-state index is -4.55. The molecule has 0 radical (unpaired) electrons. The van der Waals surface area contributed by atoms with Gasteiger partial charge in [0, 0.05) is 18.4 Å². The molecule has 1 unspecified atom stereocenters. The zero-order chi connectivity index (χ0) is 16.0. The van der Waals surface area contributed by atoms with Crippen LogP contribution in [0.25, 0.3) is 0 Å². The lowest BCUT2D eigenvalue weighted by atomic mass is 10.2. The molecule has 1 amide bonds. The number of nitrogens with one attached hydrogen (secondary N) is 1. The van der Waals surface area contributed by atoms with Gasteiger partial charge >= 0.3 is 6.18 Å². The summed E-state index contributed by atoms with van der Waals surface area (Å²) in [7, 11) is 0. The number of ether oxygens (including phenoxy) is 2. The third-order valence-electron chi connectivity index (χ3n) is 2.38. The maximum absolute atomic E-state index is 13.5. The van der Waals surface area contributed by atoms with Crippen LogP contribution in [0.1, 0.15) is 13.8 Å². The number of hydrogen-bond acceptors (Lipinski definition) is 3. The molecule has 0 aliphatic heterocycles. The second-order valence-electron chi connectivity index (χ2n) is 4.14. The normalized spacial score (nSPS) is 12.9. The molecule has 4 nitrogen and oxygen atoms in total. The largest absolute Gasteiger partial charge is 0.481 e. The van der Waals surface area contributed by atoms with Gasteiger partial charge in [-0.25, -0.2) is 4.39 Å². The molecule has 1 atom stereocenters. The van der Waals surface area contributed by atoms with Gasteiger partial charge in [-0.05, 0) is 26.0 Å². The van der Waals surface area contributed by atoms with Crippen molar-refractivity contribution in [1.82, 2.24) is 0 Å². The van der Waals surface area contributed by atoms with Gasteiger partial charge in [0.15, 0.2) is 18.2 Å². The molecule has 0 aliphatic rings. The average Bonchev–Trinajstić information content (AvgIpc) is 2.36. The number of carbonyl (C=O) groups excluding carboxylic acids is 1. The zero-order valence-corrected chi connectivity index (χ0v) is 11.5. The van der Waals surface area contributed by atoms with Crippen molar-refractivity contribution in [1.29, 1.82) is 0 Å². The predicted molar refractivity (Wildman–Crippen MR) is 67.7 cm³/mol. The van der Waals surface area contributed by atoms with Crippen LogP contribution in [0.3, 0.4) is 0 Å². The van der Waals surface area contributed by atoms with Gasteiger partial charge in [0.2, 0.25) is 0 Å². The van der Waals surface area contributed by atoms with E-state index in [1.807, 2.05) is 0 Å². The molecule has 0 bridgehead atoms. The molecule has 1 aromatic carbocycles. The number of rotatable bonds is 6. The van der Waals surface area contributed by atoms with Crippen molar-refractivity contribution in [3.05, 3.63) is 24.0 Å². The second-order valence-corrected chi connectivity index (χ2v) is 4.14. The van der Waals surface area contributed by atoms with Gasteiger partial charge in [-0.15, -0.1) is 0 Å². The van der Waals surface area contributed by atoms with E-state index < -0.39 is 36.4 Å². The highest BCUT2D eigenvalue weighted by Gasteiger charge is 2.29. The Labute approximate surface area is 119 Å². The summed E-state index contributed by atoms with van der Waals surface area (Å²) in [5.74, 6) is -2.02. The number of amides is 1. The van der Waals surface area contributed by atoms with Crippen LogP contribution in [0.5, 0.6) is 5.75 Å². The summed E-state index contributed by atoms with van der Waals surface area (Å²) in [6.07, 6.45) is -5.27. The fourth-order valence-electron chi connectivity index (χ4n) is 1.42.